The first-order valence-corrected chi connectivity index (χ1v) is 6.84. The van der Waals surface area contributed by atoms with E-state index in [1.165, 1.54) is 51.4 Å². The van der Waals surface area contributed by atoms with Crippen LogP contribution >= 0.6 is 12.2 Å². The largest absolute Gasteiger partial charge is 0.391 e. The molecule has 90 valence electrons. The van der Waals surface area contributed by atoms with Crippen molar-refractivity contribution in [1.82, 2.24) is 0 Å². The first-order chi connectivity index (χ1) is 7.31. The van der Waals surface area contributed by atoms with Gasteiger partial charge in [0.1, 0.15) is 0 Å². The number of hydrogen-bond acceptors (Lipinski definition) is 2. The standard InChI is InChI=1S/C13H26OS/c1-2-3-4-5-6-7-8-9-10-11-13(15)12-14/h14H,2-12H2,1H3. The molecule has 0 aliphatic heterocycles. The van der Waals surface area contributed by atoms with E-state index in [1.807, 2.05) is 0 Å². The molecule has 1 nitrogen and oxygen atoms in total. The molecular weight excluding hydrogens is 204 g/mol. The first kappa shape index (κ1) is 15.0. The first-order valence-electron chi connectivity index (χ1n) is 6.43. The second-order valence-electron chi connectivity index (χ2n) is 4.28. The van der Waals surface area contributed by atoms with Crippen LogP contribution in [0.2, 0.25) is 0 Å². The summed E-state index contributed by atoms with van der Waals surface area (Å²) in [7, 11) is 0. The topological polar surface area (TPSA) is 20.2 Å². The predicted octanol–water partition coefficient (Wildman–Crippen LogP) is 4.27. The molecule has 15 heavy (non-hydrogen) atoms. The molecule has 0 rings (SSSR count). The van der Waals surface area contributed by atoms with E-state index in [1.54, 1.807) is 0 Å². The number of thiocarbonyl (C=S) groups is 1. The van der Waals surface area contributed by atoms with E-state index in [0.717, 1.165) is 17.7 Å². The molecule has 0 heterocycles. The van der Waals surface area contributed by atoms with Crippen molar-refractivity contribution in [2.45, 2.75) is 71.1 Å². The SMILES string of the molecule is CCCCCCCCCCCC(=S)CO. The van der Waals surface area contributed by atoms with Crippen molar-refractivity contribution in [3.8, 4) is 0 Å². The van der Waals surface area contributed by atoms with Gasteiger partial charge in [-0.25, -0.2) is 0 Å². The average Bonchev–Trinajstić information content (AvgIpc) is 2.26. The summed E-state index contributed by atoms with van der Waals surface area (Å²) < 4.78 is 0. The van der Waals surface area contributed by atoms with Crippen molar-refractivity contribution in [3.63, 3.8) is 0 Å². The lowest BCUT2D eigenvalue weighted by Gasteiger charge is -2.02. The summed E-state index contributed by atoms with van der Waals surface area (Å²) in [5.41, 5.74) is 0. The van der Waals surface area contributed by atoms with Crippen LogP contribution in [0.5, 0.6) is 0 Å². The van der Waals surface area contributed by atoms with Crippen LogP contribution in [0.3, 0.4) is 0 Å². The Bertz CT molecular complexity index is 145. The zero-order valence-electron chi connectivity index (χ0n) is 10.1. The number of rotatable bonds is 11. The lowest BCUT2D eigenvalue weighted by Crippen LogP contribution is -1.99. The normalized spacial score (nSPS) is 10.5. The van der Waals surface area contributed by atoms with Crippen molar-refractivity contribution in [2.24, 2.45) is 0 Å². The second-order valence-corrected chi connectivity index (χ2v) is 4.85. The van der Waals surface area contributed by atoms with Gasteiger partial charge in [0.15, 0.2) is 0 Å². The van der Waals surface area contributed by atoms with Gasteiger partial charge < -0.3 is 5.11 Å². The van der Waals surface area contributed by atoms with E-state index >= 15 is 0 Å². The molecule has 0 aliphatic rings. The Hall–Kier alpha value is 0.0500. The van der Waals surface area contributed by atoms with Crippen LogP contribution < -0.4 is 0 Å². The van der Waals surface area contributed by atoms with Crippen LogP contribution in [0.25, 0.3) is 0 Å². The minimum absolute atomic E-state index is 0.0896. The van der Waals surface area contributed by atoms with Crippen LogP contribution in [-0.4, -0.2) is 16.6 Å². The molecule has 0 spiro atoms. The zero-order valence-corrected chi connectivity index (χ0v) is 11.0. The van der Waals surface area contributed by atoms with Gasteiger partial charge >= 0.3 is 0 Å². The highest BCUT2D eigenvalue weighted by atomic mass is 32.1. The van der Waals surface area contributed by atoms with Crippen molar-refractivity contribution in [1.29, 1.82) is 0 Å². The third-order valence-electron chi connectivity index (χ3n) is 2.74. The molecule has 0 saturated heterocycles. The fraction of sp³-hybridized carbons (Fsp3) is 0.923. The van der Waals surface area contributed by atoms with Gasteiger partial charge in [0, 0.05) is 4.86 Å². The van der Waals surface area contributed by atoms with Gasteiger partial charge in [0.25, 0.3) is 0 Å². The third kappa shape index (κ3) is 12.0. The Balaban J connectivity index is 2.95. The van der Waals surface area contributed by atoms with Gasteiger partial charge in [-0.3, -0.25) is 0 Å². The molecule has 1 N–H and O–H groups in total. The maximum atomic E-state index is 8.72. The van der Waals surface area contributed by atoms with Gasteiger partial charge in [0.2, 0.25) is 0 Å². The van der Waals surface area contributed by atoms with Gasteiger partial charge in [-0.1, -0.05) is 70.5 Å². The van der Waals surface area contributed by atoms with Crippen LogP contribution in [0.1, 0.15) is 71.1 Å². The minimum atomic E-state index is 0.0896. The van der Waals surface area contributed by atoms with Gasteiger partial charge in [-0.15, -0.1) is 0 Å². The summed E-state index contributed by atoms with van der Waals surface area (Å²) in [6.45, 7) is 2.34. The van der Waals surface area contributed by atoms with Crippen LogP contribution in [0, 0.1) is 0 Å². The number of aliphatic hydroxyl groups is 1. The molecule has 0 radical (unpaired) electrons. The van der Waals surface area contributed by atoms with E-state index in [-0.39, 0.29) is 6.61 Å². The average molecular weight is 230 g/mol. The van der Waals surface area contributed by atoms with E-state index in [2.05, 4.69) is 6.92 Å². The van der Waals surface area contributed by atoms with Crippen molar-refractivity contribution < 1.29 is 5.11 Å². The molecule has 0 fully saturated rings. The van der Waals surface area contributed by atoms with Crippen molar-refractivity contribution >= 4 is 17.1 Å². The quantitative estimate of drug-likeness (QED) is 0.422. The summed E-state index contributed by atoms with van der Waals surface area (Å²) in [5.74, 6) is 0. The zero-order chi connectivity index (χ0) is 11.4. The lowest BCUT2D eigenvalue weighted by molar-refractivity contribution is 0.357. The van der Waals surface area contributed by atoms with E-state index in [0.29, 0.717) is 0 Å². The third-order valence-corrected chi connectivity index (χ3v) is 3.07. The van der Waals surface area contributed by atoms with E-state index < -0.39 is 0 Å². The minimum Gasteiger partial charge on any atom is -0.391 e. The number of aliphatic hydroxyl groups excluding tert-OH is 1. The van der Waals surface area contributed by atoms with E-state index in [4.69, 9.17) is 17.3 Å². The van der Waals surface area contributed by atoms with Crippen molar-refractivity contribution in [2.75, 3.05) is 6.61 Å². The molecule has 0 saturated carbocycles. The second kappa shape index (κ2) is 12.1. The monoisotopic (exact) mass is 230 g/mol. The molecular formula is C13H26OS. The maximum Gasteiger partial charge on any atom is 0.0744 e. The highest BCUT2D eigenvalue weighted by Crippen LogP contribution is 2.10. The molecule has 0 atom stereocenters. The van der Waals surface area contributed by atoms with Crippen LogP contribution in [0.4, 0.5) is 0 Å². The van der Waals surface area contributed by atoms with Gasteiger partial charge in [-0.05, 0) is 12.8 Å². The molecule has 0 aromatic heterocycles. The fourth-order valence-corrected chi connectivity index (χ4v) is 1.86. The molecule has 0 aromatic carbocycles. The summed E-state index contributed by atoms with van der Waals surface area (Å²) >= 11 is 4.95. The molecule has 0 amide bonds. The summed E-state index contributed by atoms with van der Waals surface area (Å²) in [6, 6.07) is 0. The summed E-state index contributed by atoms with van der Waals surface area (Å²) in [5, 5.41) is 8.72. The Morgan fingerprint density at radius 2 is 1.33 bits per heavy atom. The Morgan fingerprint density at radius 3 is 1.80 bits per heavy atom. The Kier molecular flexibility index (Phi) is 12.2. The molecule has 0 unspecified atom stereocenters. The van der Waals surface area contributed by atoms with E-state index in [9.17, 15) is 0 Å². The fourth-order valence-electron chi connectivity index (χ4n) is 1.71. The van der Waals surface area contributed by atoms with Gasteiger partial charge in [0.05, 0.1) is 6.61 Å². The predicted molar refractivity (Wildman–Crippen MR) is 71.5 cm³/mol. The molecule has 0 aliphatic carbocycles. The van der Waals surface area contributed by atoms with Gasteiger partial charge in [-0.2, -0.15) is 0 Å². The molecule has 0 bridgehead atoms. The Morgan fingerprint density at radius 1 is 0.867 bits per heavy atom. The highest BCUT2D eigenvalue weighted by molar-refractivity contribution is 7.80. The van der Waals surface area contributed by atoms with Crippen LogP contribution in [0.15, 0.2) is 0 Å². The summed E-state index contributed by atoms with van der Waals surface area (Å²) in [6.07, 6.45) is 13.0. The summed E-state index contributed by atoms with van der Waals surface area (Å²) in [4.78, 5) is 0.818. The molecule has 0 aromatic rings. The van der Waals surface area contributed by atoms with Crippen LogP contribution in [-0.2, 0) is 0 Å². The Labute approximate surface area is 100 Å². The lowest BCUT2D eigenvalue weighted by atomic mass is 10.1. The smallest absolute Gasteiger partial charge is 0.0744 e. The van der Waals surface area contributed by atoms with Crippen molar-refractivity contribution in [3.05, 3.63) is 0 Å². The highest BCUT2D eigenvalue weighted by Gasteiger charge is 1.95. The maximum absolute atomic E-state index is 8.72. The number of unbranched alkanes of at least 4 members (excludes halogenated alkanes) is 8. The number of hydrogen-bond donors (Lipinski definition) is 1. The molecule has 2 heteroatoms.